The lowest BCUT2D eigenvalue weighted by atomic mass is 9.88. The van der Waals surface area contributed by atoms with Crippen LogP contribution in [-0.4, -0.2) is 92.4 Å². The standard InChI is InChI=1S/C25H29F7N6O4/c26-19-20(34-12-22(41)7-8-37(10-17(22)39)11-18(33)40)35-13-36-21(19)38(16-5-6-16)9-14-1-3-15(4-2-14)23(42,24(27,28)29)25(30,31)32/h1-4,13,16-17,39,41-42H,5-12H2,(H2,33,40)(H,34,35,36)/t17-,22+/m0/s1. The van der Waals surface area contributed by atoms with E-state index < -0.39 is 46.9 Å². The predicted octanol–water partition coefficient (Wildman–Crippen LogP) is 1.79. The second-order valence-corrected chi connectivity index (χ2v) is 10.5. The number of anilines is 2. The molecule has 232 valence electrons. The monoisotopic (exact) mass is 610 g/mol. The molecule has 2 aliphatic rings. The molecule has 1 aromatic heterocycles. The lowest BCUT2D eigenvalue weighted by Gasteiger charge is -2.41. The fourth-order valence-electron chi connectivity index (χ4n) is 4.81. The number of nitrogens with zero attached hydrogens (tertiary/aromatic N) is 4. The molecule has 4 rings (SSSR count). The van der Waals surface area contributed by atoms with Crippen LogP contribution in [0.15, 0.2) is 30.6 Å². The summed E-state index contributed by atoms with van der Waals surface area (Å²) in [6.07, 6.45) is -11.0. The Labute approximate surface area is 235 Å². The topological polar surface area (TPSA) is 148 Å². The molecule has 2 atom stereocenters. The number of piperidine rings is 1. The van der Waals surface area contributed by atoms with E-state index in [-0.39, 0.29) is 62.4 Å². The van der Waals surface area contributed by atoms with Crippen molar-refractivity contribution in [3.05, 3.63) is 47.5 Å². The number of hydrogen-bond acceptors (Lipinski definition) is 9. The van der Waals surface area contributed by atoms with Crippen molar-refractivity contribution < 1.29 is 50.8 Å². The number of nitrogens with one attached hydrogen (secondary N) is 1. The molecule has 1 saturated carbocycles. The minimum Gasteiger partial charge on any atom is -0.389 e. The van der Waals surface area contributed by atoms with Crippen molar-refractivity contribution in [1.82, 2.24) is 14.9 Å². The van der Waals surface area contributed by atoms with Crippen molar-refractivity contribution in [3.8, 4) is 0 Å². The number of benzene rings is 1. The first-order chi connectivity index (χ1) is 19.5. The summed E-state index contributed by atoms with van der Waals surface area (Å²) < 4.78 is 94.9. The van der Waals surface area contributed by atoms with Gasteiger partial charge in [0.25, 0.3) is 5.60 Å². The van der Waals surface area contributed by atoms with Crippen molar-refractivity contribution >= 4 is 17.5 Å². The number of aliphatic hydroxyl groups excluding tert-OH is 1. The lowest BCUT2D eigenvalue weighted by molar-refractivity contribution is -0.376. The van der Waals surface area contributed by atoms with Crippen LogP contribution in [0.2, 0.25) is 0 Å². The highest BCUT2D eigenvalue weighted by atomic mass is 19.4. The van der Waals surface area contributed by atoms with E-state index in [9.17, 15) is 46.5 Å². The van der Waals surface area contributed by atoms with Gasteiger partial charge in [0, 0.05) is 37.8 Å². The van der Waals surface area contributed by atoms with Crippen LogP contribution < -0.4 is 16.0 Å². The number of rotatable bonds is 10. The van der Waals surface area contributed by atoms with E-state index in [1.165, 1.54) is 4.90 Å². The van der Waals surface area contributed by atoms with E-state index in [1.54, 1.807) is 4.90 Å². The lowest BCUT2D eigenvalue weighted by Crippen LogP contribution is -2.59. The highest BCUT2D eigenvalue weighted by Crippen LogP contribution is 2.50. The number of alkyl halides is 6. The summed E-state index contributed by atoms with van der Waals surface area (Å²) in [6, 6.07) is 2.78. The van der Waals surface area contributed by atoms with Gasteiger partial charge in [-0.2, -0.15) is 30.7 Å². The maximum atomic E-state index is 15.6. The number of nitrogens with two attached hydrogens (primary N) is 1. The summed E-state index contributed by atoms with van der Waals surface area (Å²) in [5.74, 6) is -2.01. The zero-order valence-electron chi connectivity index (χ0n) is 22.0. The molecule has 17 heteroatoms. The number of carbonyl (C=O) groups excluding carboxylic acids is 1. The Hall–Kier alpha value is -3.28. The summed E-state index contributed by atoms with van der Waals surface area (Å²) in [5, 5.41) is 33.6. The van der Waals surface area contributed by atoms with Gasteiger partial charge in [0.1, 0.15) is 11.9 Å². The number of hydrogen-bond donors (Lipinski definition) is 5. The summed E-state index contributed by atoms with van der Waals surface area (Å²) in [5.41, 5.74) is -2.77. The highest BCUT2D eigenvalue weighted by molar-refractivity contribution is 5.75. The number of aromatic nitrogens is 2. The zero-order valence-corrected chi connectivity index (χ0v) is 22.0. The molecule has 10 nitrogen and oxygen atoms in total. The molecule has 0 bridgehead atoms. The van der Waals surface area contributed by atoms with Crippen LogP contribution >= 0.6 is 0 Å². The van der Waals surface area contributed by atoms with Gasteiger partial charge < -0.3 is 31.3 Å². The highest BCUT2D eigenvalue weighted by Gasteiger charge is 2.71. The average molecular weight is 611 g/mol. The van der Waals surface area contributed by atoms with E-state index in [0.29, 0.717) is 25.0 Å². The number of carbonyl (C=O) groups is 1. The van der Waals surface area contributed by atoms with Crippen molar-refractivity contribution in [2.24, 2.45) is 5.73 Å². The Balaban J connectivity index is 1.50. The van der Waals surface area contributed by atoms with Gasteiger partial charge in [-0.15, -0.1) is 0 Å². The Bertz CT molecular complexity index is 1260. The summed E-state index contributed by atoms with van der Waals surface area (Å²) >= 11 is 0. The molecule has 2 fully saturated rings. The summed E-state index contributed by atoms with van der Waals surface area (Å²) in [4.78, 5) is 22.0. The number of primary amides is 1. The number of aliphatic hydroxyl groups is 3. The van der Waals surface area contributed by atoms with Crippen LogP contribution in [0, 0.1) is 5.82 Å². The number of halogens is 7. The molecule has 1 aliphatic carbocycles. The van der Waals surface area contributed by atoms with Gasteiger partial charge in [-0.3, -0.25) is 9.69 Å². The molecule has 1 amide bonds. The van der Waals surface area contributed by atoms with Gasteiger partial charge in [-0.1, -0.05) is 24.3 Å². The van der Waals surface area contributed by atoms with Gasteiger partial charge in [0.2, 0.25) is 11.7 Å². The first-order valence-electron chi connectivity index (χ1n) is 12.8. The Kier molecular flexibility index (Phi) is 8.61. The van der Waals surface area contributed by atoms with Gasteiger partial charge >= 0.3 is 12.4 Å². The van der Waals surface area contributed by atoms with Crippen molar-refractivity contribution in [2.75, 3.05) is 36.4 Å². The van der Waals surface area contributed by atoms with Gasteiger partial charge in [0.15, 0.2) is 11.6 Å². The third-order valence-corrected chi connectivity index (χ3v) is 7.43. The van der Waals surface area contributed by atoms with E-state index >= 15 is 4.39 Å². The molecule has 0 radical (unpaired) electrons. The van der Waals surface area contributed by atoms with Crippen LogP contribution in [0.25, 0.3) is 0 Å². The van der Waals surface area contributed by atoms with E-state index in [2.05, 4.69) is 15.3 Å². The van der Waals surface area contributed by atoms with Crippen LogP contribution in [0.5, 0.6) is 0 Å². The largest absolute Gasteiger partial charge is 0.430 e. The Morgan fingerprint density at radius 1 is 1.12 bits per heavy atom. The number of β-amino-alcohol motifs (C(OH)–C–C–N with tert-alkyl or cyclic N) is 1. The van der Waals surface area contributed by atoms with Gasteiger partial charge in [-0.25, -0.2) is 9.97 Å². The molecule has 2 aromatic rings. The second kappa shape index (κ2) is 11.4. The maximum Gasteiger partial charge on any atom is 0.430 e. The second-order valence-electron chi connectivity index (χ2n) is 10.5. The van der Waals surface area contributed by atoms with E-state index in [4.69, 9.17) is 5.73 Å². The van der Waals surface area contributed by atoms with Gasteiger partial charge in [0.05, 0.1) is 12.6 Å². The van der Waals surface area contributed by atoms with Crippen LogP contribution in [0.4, 0.5) is 42.4 Å². The normalized spacial score (nSPS) is 22.2. The summed E-state index contributed by atoms with van der Waals surface area (Å²) in [6.45, 7) is -0.343. The first-order valence-corrected chi connectivity index (χ1v) is 12.8. The zero-order chi connectivity index (χ0) is 31.1. The molecule has 42 heavy (non-hydrogen) atoms. The molecule has 1 aliphatic heterocycles. The third kappa shape index (κ3) is 6.38. The van der Waals surface area contributed by atoms with Crippen LogP contribution in [0.1, 0.15) is 30.4 Å². The van der Waals surface area contributed by atoms with Gasteiger partial charge in [-0.05, 0) is 24.8 Å². The molecular formula is C25H29F7N6O4. The Morgan fingerprint density at radius 3 is 2.26 bits per heavy atom. The quantitative estimate of drug-likeness (QED) is 0.254. The molecular weight excluding hydrogens is 581 g/mol. The molecule has 1 aromatic carbocycles. The number of likely N-dealkylation sites (tertiary alicyclic amines) is 1. The third-order valence-electron chi connectivity index (χ3n) is 7.43. The summed E-state index contributed by atoms with van der Waals surface area (Å²) in [7, 11) is 0. The van der Waals surface area contributed by atoms with Crippen molar-refractivity contribution in [3.63, 3.8) is 0 Å². The first kappa shape index (κ1) is 31.7. The van der Waals surface area contributed by atoms with E-state index in [1.807, 2.05) is 0 Å². The SMILES string of the molecule is NC(=O)CN1CC[C@@](O)(CNc2ncnc(N(Cc3ccc(C(O)(C(F)(F)F)C(F)(F)F)cc3)C3CC3)c2F)[C@@H](O)C1. The fraction of sp³-hybridized carbons (Fsp3) is 0.560. The Morgan fingerprint density at radius 2 is 1.74 bits per heavy atom. The fourth-order valence-corrected chi connectivity index (χ4v) is 4.81. The molecule has 1 saturated heterocycles. The van der Waals surface area contributed by atoms with E-state index in [0.717, 1.165) is 18.5 Å². The predicted molar refractivity (Wildman–Crippen MR) is 133 cm³/mol. The average Bonchev–Trinajstić information content (AvgIpc) is 3.73. The molecule has 6 N–H and O–H groups in total. The smallest absolute Gasteiger partial charge is 0.389 e. The van der Waals surface area contributed by atoms with Crippen molar-refractivity contribution in [2.45, 2.75) is 61.5 Å². The molecule has 2 heterocycles. The van der Waals surface area contributed by atoms with Crippen LogP contribution in [-0.2, 0) is 16.9 Å². The van der Waals surface area contributed by atoms with Crippen LogP contribution in [0.3, 0.4) is 0 Å². The molecule has 0 unspecified atom stereocenters. The maximum absolute atomic E-state index is 15.6. The molecule has 0 spiro atoms. The van der Waals surface area contributed by atoms with Crippen molar-refractivity contribution in [1.29, 1.82) is 0 Å². The minimum absolute atomic E-state index is 0.0377. The minimum atomic E-state index is -6.02. The number of amides is 1.